The third-order valence-electron chi connectivity index (χ3n) is 5.45. The molecule has 1 heterocycles. The predicted molar refractivity (Wildman–Crippen MR) is 112 cm³/mol. The molecule has 2 atom stereocenters. The van der Waals surface area contributed by atoms with Gasteiger partial charge in [0.25, 0.3) is 0 Å². The lowest BCUT2D eigenvalue weighted by molar-refractivity contribution is -0.161. The number of aryl methyl sites for hydroxylation is 1. The van der Waals surface area contributed by atoms with Gasteiger partial charge in [-0.05, 0) is 30.4 Å². The number of esters is 1. The number of ether oxygens (including phenoxy) is 1. The summed E-state index contributed by atoms with van der Waals surface area (Å²) >= 11 is 0. The summed E-state index contributed by atoms with van der Waals surface area (Å²) in [5, 5.41) is 10.9. The lowest BCUT2D eigenvalue weighted by Crippen LogP contribution is -2.41. The number of benzene rings is 2. The molecule has 0 bridgehead atoms. The highest BCUT2D eigenvalue weighted by molar-refractivity contribution is 5.92. The molecule has 1 N–H and O–H groups in total. The minimum Gasteiger partial charge on any atom is -0.512 e. The number of aliphatic hydroxyl groups is 1. The first-order valence-corrected chi connectivity index (χ1v) is 9.95. The van der Waals surface area contributed by atoms with Crippen LogP contribution in [0.5, 0.6) is 0 Å². The molecule has 0 aliphatic carbocycles. The fraction of sp³-hybridized carbons (Fsp3) is 0.320. The second kappa shape index (κ2) is 8.92. The minimum absolute atomic E-state index is 0.131. The van der Waals surface area contributed by atoms with Gasteiger partial charge in [-0.3, -0.25) is 0 Å². The van der Waals surface area contributed by atoms with Crippen molar-refractivity contribution in [2.75, 3.05) is 0 Å². The monoisotopic (exact) mass is 376 g/mol. The first kappa shape index (κ1) is 19.9. The van der Waals surface area contributed by atoms with E-state index in [0.717, 1.165) is 24.8 Å². The fourth-order valence-corrected chi connectivity index (χ4v) is 4.07. The maximum absolute atomic E-state index is 13.0. The van der Waals surface area contributed by atoms with Gasteiger partial charge in [0.2, 0.25) is 0 Å². The summed E-state index contributed by atoms with van der Waals surface area (Å²) in [4.78, 5) is 13.0. The Hall–Kier alpha value is -2.81. The molecule has 0 amide bonds. The summed E-state index contributed by atoms with van der Waals surface area (Å²) < 4.78 is 6.02. The predicted octanol–water partition coefficient (Wildman–Crippen LogP) is 5.89. The smallest absolute Gasteiger partial charge is 0.338 e. The van der Waals surface area contributed by atoms with Gasteiger partial charge in [0.1, 0.15) is 11.4 Å². The van der Waals surface area contributed by atoms with E-state index in [-0.39, 0.29) is 11.7 Å². The Morgan fingerprint density at radius 2 is 1.75 bits per heavy atom. The molecule has 28 heavy (non-hydrogen) atoms. The Bertz CT molecular complexity index is 839. The van der Waals surface area contributed by atoms with Crippen molar-refractivity contribution in [1.82, 2.24) is 0 Å². The van der Waals surface area contributed by atoms with Crippen LogP contribution in [0.15, 0.2) is 84.7 Å². The molecule has 0 spiro atoms. The van der Waals surface area contributed by atoms with E-state index in [1.165, 1.54) is 5.56 Å². The van der Waals surface area contributed by atoms with Gasteiger partial charge in [-0.25, -0.2) is 4.79 Å². The van der Waals surface area contributed by atoms with Gasteiger partial charge in [-0.1, -0.05) is 80.1 Å². The number of hydrogen-bond acceptors (Lipinski definition) is 3. The Balaban J connectivity index is 1.87. The topological polar surface area (TPSA) is 46.5 Å². The van der Waals surface area contributed by atoms with Gasteiger partial charge >= 0.3 is 5.97 Å². The van der Waals surface area contributed by atoms with Gasteiger partial charge in [0, 0.05) is 12.3 Å². The Labute approximate surface area is 167 Å². The van der Waals surface area contributed by atoms with E-state index in [4.69, 9.17) is 4.74 Å². The van der Waals surface area contributed by atoms with Gasteiger partial charge in [0.05, 0.1) is 5.57 Å². The maximum atomic E-state index is 13.0. The Kier molecular flexibility index (Phi) is 6.35. The molecule has 0 radical (unpaired) electrons. The Morgan fingerprint density at radius 1 is 1.11 bits per heavy atom. The van der Waals surface area contributed by atoms with Crippen LogP contribution in [-0.2, 0) is 16.0 Å². The van der Waals surface area contributed by atoms with E-state index in [0.29, 0.717) is 18.4 Å². The summed E-state index contributed by atoms with van der Waals surface area (Å²) in [6.07, 6.45) is 5.16. The van der Waals surface area contributed by atoms with Crippen LogP contribution in [0.25, 0.3) is 0 Å². The van der Waals surface area contributed by atoms with Crippen LogP contribution in [0.1, 0.15) is 49.7 Å². The molecule has 3 nitrogen and oxygen atoms in total. The standard InChI is InChI=1S/C25H28O3/c1-3-16-25(17-15-19-11-7-5-8-12-19)18-22(26)23(24(27)28-25)21(4-2)20-13-9-6-10-14-20/h4-14,21,26H,2-3,15-18H2,1H3. The molecule has 2 aromatic carbocycles. The first-order chi connectivity index (χ1) is 13.6. The molecule has 2 unspecified atom stereocenters. The van der Waals surface area contributed by atoms with Crippen LogP contribution in [-0.4, -0.2) is 16.7 Å². The normalized spacial score (nSPS) is 20.5. The Morgan fingerprint density at radius 3 is 2.32 bits per heavy atom. The number of rotatable bonds is 8. The molecule has 146 valence electrons. The van der Waals surface area contributed by atoms with Gasteiger partial charge in [-0.2, -0.15) is 0 Å². The zero-order valence-electron chi connectivity index (χ0n) is 16.4. The summed E-state index contributed by atoms with van der Waals surface area (Å²) in [7, 11) is 0. The largest absolute Gasteiger partial charge is 0.512 e. The van der Waals surface area contributed by atoms with Crippen LogP contribution >= 0.6 is 0 Å². The third-order valence-corrected chi connectivity index (χ3v) is 5.45. The third kappa shape index (κ3) is 4.36. The van der Waals surface area contributed by atoms with Crippen molar-refractivity contribution in [3.8, 4) is 0 Å². The van der Waals surface area contributed by atoms with Gasteiger partial charge < -0.3 is 9.84 Å². The van der Waals surface area contributed by atoms with Crippen molar-refractivity contribution in [3.05, 3.63) is 95.8 Å². The molecule has 0 saturated carbocycles. The van der Waals surface area contributed by atoms with E-state index in [1.54, 1.807) is 6.08 Å². The van der Waals surface area contributed by atoms with Crippen molar-refractivity contribution in [3.63, 3.8) is 0 Å². The summed E-state index contributed by atoms with van der Waals surface area (Å²) in [6.45, 7) is 5.95. The molecule has 1 aliphatic rings. The zero-order chi connectivity index (χ0) is 20.0. The van der Waals surface area contributed by atoms with E-state index in [2.05, 4.69) is 25.6 Å². The van der Waals surface area contributed by atoms with E-state index in [1.807, 2.05) is 48.5 Å². The summed E-state index contributed by atoms with van der Waals surface area (Å²) in [6, 6.07) is 19.8. The van der Waals surface area contributed by atoms with E-state index in [9.17, 15) is 9.90 Å². The lowest BCUT2D eigenvalue weighted by atomic mass is 9.80. The van der Waals surface area contributed by atoms with Crippen molar-refractivity contribution in [1.29, 1.82) is 0 Å². The molecule has 0 fully saturated rings. The SMILES string of the molecule is C=CC(C1=C(O)CC(CCC)(CCc2ccccc2)OC1=O)c1ccccc1. The van der Waals surface area contributed by atoms with Gasteiger partial charge in [-0.15, -0.1) is 6.58 Å². The quantitative estimate of drug-likeness (QED) is 0.462. The van der Waals surface area contributed by atoms with Crippen LogP contribution in [0.2, 0.25) is 0 Å². The minimum atomic E-state index is -0.655. The second-order valence-electron chi connectivity index (χ2n) is 7.47. The van der Waals surface area contributed by atoms with Crippen LogP contribution in [0.3, 0.4) is 0 Å². The highest BCUT2D eigenvalue weighted by Crippen LogP contribution is 2.41. The zero-order valence-corrected chi connectivity index (χ0v) is 16.4. The highest BCUT2D eigenvalue weighted by Gasteiger charge is 2.42. The molecule has 0 saturated heterocycles. The molecular weight excluding hydrogens is 348 g/mol. The van der Waals surface area contributed by atoms with Crippen molar-refractivity contribution >= 4 is 5.97 Å². The number of carbonyl (C=O) groups excluding carboxylic acids is 1. The summed E-state index contributed by atoms with van der Waals surface area (Å²) in [5.74, 6) is -0.673. The average molecular weight is 376 g/mol. The molecule has 1 aliphatic heterocycles. The number of cyclic esters (lactones) is 1. The van der Waals surface area contributed by atoms with E-state index < -0.39 is 11.6 Å². The average Bonchev–Trinajstić information content (AvgIpc) is 2.71. The first-order valence-electron chi connectivity index (χ1n) is 9.95. The van der Waals surface area contributed by atoms with Crippen LogP contribution in [0, 0.1) is 0 Å². The summed E-state index contributed by atoms with van der Waals surface area (Å²) in [5.41, 5.74) is 1.78. The molecular formula is C25H28O3. The number of aliphatic hydroxyl groups excluding tert-OH is 1. The maximum Gasteiger partial charge on any atom is 0.338 e. The highest BCUT2D eigenvalue weighted by atomic mass is 16.6. The number of allylic oxidation sites excluding steroid dienone is 1. The van der Waals surface area contributed by atoms with Gasteiger partial charge in [0.15, 0.2) is 0 Å². The lowest BCUT2D eigenvalue weighted by Gasteiger charge is -2.38. The molecule has 3 rings (SSSR count). The second-order valence-corrected chi connectivity index (χ2v) is 7.47. The van der Waals surface area contributed by atoms with Crippen LogP contribution in [0.4, 0.5) is 0 Å². The molecule has 2 aromatic rings. The fourth-order valence-electron chi connectivity index (χ4n) is 4.07. The molecule has 3 heteroatoms. The van der Waals surface area contributed by atoms with Crippen molar-refractivity contribution in [2.45, 2.75) is 50.5 Å². The number of carbonyl (C=O) groups is 1. The van der Waals surface area contributed by atoms with Crippen LogP contribution < -0.4 is 0 Å². The van der Waals surface area contributed by atoms with E-state index >= 15 is 0 Å². The van der Waals surface area contributed by atoms with Crippen molar-refractivity contribution < 1.29 is 14.6 Å². The van der Waals surface area contributed by atoms with Crippen molar-refractivity contribution in [2.24, 2.45) is 0 Å². The number of hydrogen-bond donors (Lipinski definition) is 1. The molecule has 0 aromatic heterocycles.